The number of hydrogen-bond donors (Lipinski definition) is 0. The third-order valence-electron chi connectivity index (χ3n) is 1.85. The summed E-state index contributed by atoms with van der Waals surface area (Å²) in [6.07, 6.45) is 1.87. The lowest BCUT2D eigenvalue weighted by Gasteiger charge is -2.01. The van der Waals surface area contributed by atoms with Crippen molar-refractivity contribution in [2.24, 2.45) is 0 Å². The Balaban J connectivity index is 2.40. The van der Waals surface area contributed by atoms with Crippen molar-refractivity contribution in [1.82, 2.24) is 15.0 Å². The molecule has 78 valence electrons. The van der Waals surface area contributed by atoms with E-state index < -0.39 is 0 Å². The van der Waals surface area contributed by atoms with Crippen LogP contribution in [0.3, 0.4) is 0 Å². The van der Waals surface area contributed by atoms with Crippen molar-refractivity contribution in [3.63, 3.8) is 0 Å². The SMILES string of the molecule is Clc1ccc(-n2cc(CBr)nn2)cc1Br. The highest BCUT2D eigenvalue weighted by molar-refractivity contribution is 9.10. The normalized spacial score (nSPS) is 10.6. The summed E-state index contributed by atoms with van der Waals surface area (Å²) in [5.41, 5.74) is 1.81. The van der Waals surface area contributed by atoms with Gasteiger partial charge < -0.3 is 0 Å². The maximum atomic E-state index is 5.90. The van der Waals surface area contributed by atoms with Gasteiger partial charge in [-0.2, -0.15) is 0 Å². The second-order valence-corrected chi connectivity index (χ2v) is 4.71. The molecule has 3 nitrogen and oxygen atoms in total. The molecule has 0 amide bonds. The maximum absolute atomic E-state index is 5.90. The summed E-state index contributed by atoms with van der Waals surface area (Å²) in [4.78, 5) is 0. The van der Waals surface area contributed by atoms with Gasteiger partial charge in [-0.05, 0) is 34.1 Å². The summed E-state index contributed by atoms with van der Waals surface area (Å²) in [7, 11) is 0. The Kier molecular flexibility index (Phi) is 3.43. The fraction of sp³-hybridized carbons (Fsp3) is 0.111. The fourth-order valence-corrected chi connectivity index (χ4v) is 1.85. The molecule has 1 aromatic heterocycles. The van der Waals surface area contributed by atoms with Crippen LogP contribution in [-0.2, 0) is 5.33 Å². The van der Waals surface area contributed by atoms with Crippen LogP contribution in [0.15, 0.2) is 28.9 Å². The molecule has 0 fully saturated rings. The van der Waals surface area contributed by atoms with Crippen LogP contribution >= 0.6 is 43.5 Å². The Hall–Kier alpha value is -0.390. The minimum atomic E-state index is 0.680. The van der Waals surface area contributed by atoms with Crippen LogP contribution in [0.1, 0.15) is 5.69 Å². The number of alkyl halides is 1. The van der Waals surface area contributed by atoms with Gasteiger partial charge in [0, 0.05) is 9.80 Å². The molecule has 0 N–H and O–H groups in total. The van der Waals surface area contributed by atoms with E-state index in [-0.39, 0.29) is 0 Å². The largest absolute Gasteiger partial charge is 0.220 e. The summed E-state index contributed by atoms with van der Waals surface area (Å²) in [5.74, 6) is 0. The molecule has 0 aliphatic heterocycles. The van der Waals surface area contributed by atoms with Gasteiger partial charge in [0.25, 0.3) is 0 Å². The Morgan fingerprint density at radius 1 is 1.40 bits per heavy atom. The first-order chi connectivity index (χ1) is 7.20. The molecule has 0 radical (unpaired) electrons. The van der Waals surface area contributed by atoms with Gasteiger partial charge in [-0.25, -0.2) is 4.68 Å². The molecule has 0 saturated heterocycles. The molecule has 0 bridgehead atoms. The van der Waals surface area contributed by atoms with E-state index in [0.29, 0.717) is 10.4 Å². The fourth-order valence-electron chi connectivity index (χ4n) is 1.11. The molecule has 0 aliphatic carbocycles. The third-order valence-corrected chi connectivity index (χ3v) is 3.63. The first-order valence-corrected chi connectivity index (χ1v) is 6.42. The van der Waals surface area contributed by atoms with Crippen molar-refractivity contribution in [1.29, 1.82) is 0 Å². The molecule has 0 saturated carbocycles. The summed E-state index contributed by atoms with van der Waals surface area (Å²) < 4.78 is 2.55. The molecular weight excluding hydrogens is 345 g/mol. The third kappa shape index (κ3) is 2.41. The first kappa shape index (κ1) is 11.1. The van der Waals surface area contributed by atoms with Gasteiger partial charge in [-0.15, -0.1) is 5.10 Å². The van der Waals surface area contributed by atoms with E-state index in [1.807, 2.05) is 24.4 Å². The number of nitrogens with zero attached hydrogens (tertiary/aromatic N) is 3. The van der Waals surface area contributed by atoms with Gasteiger partial charge in [0.05, 0.1) is 22.6 Å². The molecule has 0 atom stereocenters. The zero-order valence-electron chi connectivity index (χ0n) is 7.49. The van der Waals surface area contributed by atoms with Crippen molar-refractivity contribution in [2.75, 3.05) is 0 Å². The molecule has 0 spiro atoms. The van der Waals surface area contributed by atoms with Gasteiger partial charge in [0.2, 0.25) is 0 Å². The predicted octanol–water partition coefficient (Wildman–Crippen LogP) is 3.58. The molecule has 6 heteroatoms. The minimum absolute atomic E-state index is 0.680. The van der Waals surface area contributed by atoms with Crippen LogP contribution in [-0.4, -0.2) is 15.0 Å². The Morgan fingerprint density at radius 3 is 2.80 bits per heavy atom. The number of benzene rings is 1. The van der Waals surface area contributed by atoms with E-state index in [4.69, 9.17) is 11.6 Å². The van der Waals surface area contributed by atoms with Crippen molar-refractivity contribution in [3.8, 4) is 5.69 Å². The summed E-state index contributed by atoms with van der Waals surface area (Å²) >= 11 is 12.6. The van der Waals surface area contributed by atoms with Gasteiger partial charge in [-0.1, -0.05) is 32.7 Å². The molecule has 2 aromatic rings. The lowest BCUT2D eigenvalue weighted by Crippen LogP contribution is -1.94. The average Bonchev–Trinajstić information content (AvgIpc) is 2.70. The number of halogens is 3. The Bertz CT molecular complexity index is 484. The van der Waals surface area contributed by atoms with E-state index >= 15 is 0 Å². The zero-order valence-corrected chi connectivity index (χ0v) is 11.4. The van der Waals surface area contributed by atoms with E-state index in [1.54, 1.807) is 4.68 Å². The van der Waals surface area contributed by atoms with Gasteiger partial charge in [0.15, 0.2) is 0 Å². The molecule has 15 heavy (non-hydrogen) atoms. The lowest BCUT2D eigenvalue weighted by atomic mass is 10.3. The van der Waals surface area contributed by atoms with E-state index in [0.717, 1.165) is 15.9 Å². The van der Waals surface area contributed by atoms with Crippen molar-refractivity contribution in [2.45, 2.75) is 5.33 Å². The number of aromatic nitrogens is 3. The standard InChI is InChI=1S/C9H6Br2ClN3/c10-4-6-5-15(14-13-6)7-1-2-9(12)8(11)3-7/h1-3,5H,4H2. The molecule has 0 unspecified atom stereocenters. The lowest BCUT2D eigenvalue weighted by molar-refractivity contribution is 0.800. The maximum Gasteiger partial charge on any atom is 0.0937 e. The quantitative estimate of drug-likeness (QED) is 0.775. The van der Waals surface area contributed by atoms with Crippen LogP contribution in [0.4, 0.5) is 0 Å². The van der Waals surface area contributed by atoms with Crippen molar-refractivity contribution >= 4 is 43.5 Å². The molecule has 1 aromatic carbocycles. The topological polar surface area (TPSA) is 30.7 Å². The summed E-state index contributed by atoms with van der Waals surface area (Å²) in [6.45, 7) is 0. The molecule has 0 aliphatic rings. The highest BCUT2D eigenvalue weighted by Gasteiger charge is 2.03. The van der Waals surface area contributed by atoms with Gasteiger partial charge in [-0.3, -0.25) is 0 Å². The minimum Gasteiger partial charge on any atom is -0.220 e. The Morgan fingerprint density at radius 2 is 2.20 bits per heavy atom. The highest BCUT2D eigenvalue weighted by atomic mass is 79.9. The molecular formula is C9H6Br2ClN3. The molecule has 1 heterocycles. The van der Waals surface area contributed by atoms with Crippen LogP contribution < -0.4 is 0 Å². The predicted molar refractivity (Wildman–Crippen MR) is 66.7 cm³/mol. The average molecular weight is 351 g/mol. The van der Waals surface area contributed by atoms with Gasteiger partial charge >= 0.3 is 0 Å². The van der Waals surface area contributed by atoms with Crippen molar-refractivity contribution < 1.29 is 0 Å². The van der Waals surface area contributed by atoms with E-state index in [1.165, 1.54) is 0 Å². The zero-order chi connectivity index (χ0) is 10.8. The van der Waals surface area contributed by atoms with Crippen LogP contribution in [0.5, 0.6) is 0 Å². The van der Waals surface area contributed by atoms with Crippen LogP contribution in [0.25, 0.3) is 5.69 Å². The Labute approximate surface area is 109 Å². The first-order valence-electron chi connectivity index (χ1n) is 4.13. The number of hydrogen-bond acceptors (Lipinski definition) is 2. The highest BCUT2D eigenvalue weighted by Crippen LogP contribution is 2.24. The van der Waals surface area contributed by atoms with E-state index in [2.05, 4.69) is 42.2 Å². The summed E-state index contributed by atoms with van der Waals surface area (Å²) in [5, 5.41) is 9.36. The van der Waals surface area contributed by atoms with Crippen molar-refractivity contribution in [3.05, 3.63) is 39.6 Å². The van der Waals surface area contributed by atoms with Crippen LogP contribution in [0, 0.1) is 0 Å². The van der Waals surface area contributed by atoms with Gasteiger partial charge in [0.1, 0.15) is 0 Å². The molecule has 2 rings (SSSR count). The second kappa shape index (κ2) is 4.63. The van der Waals surface area contributed by atoms with E-state index in [9.17, 15) is 0 Å². The number of rotatable bonds is 2. The second-order valence-electron chi connectivity index (χ2n) is 2.89. The summed E-state index contributed by atoms with van der Waals surface area (Å²) in [6, 6.07) is 5.60. The van der Waals surface area contributed by atoms with Crippen LogP contribution in [0.2, 0.25) is 5.02 Å². The smallest absolute Gasteiger partial charge is 0.0937 e. The monoisotopic (exact) mass is 349 g/mol.